The van der Waals surface area contributed by atoms with Gasteiger partial charge in [-0.2, -0.15) is 0 Å². The van der Waals surface area contributed by atoms with E-state index in [1.54, 1.807) is 0 Å². The zero-order chi connectivity index (χ0) is 19.4. The monoisotopic (exact) mass is 389 g/mol. The molecule has 1 aliphatic rings. The SMILES string of the molecule is CC(C)Oc1ccc(-c2ncc3c(n2)CCN(CCCC(=O)O)C3)cc1Cl. The maximum absolute atomic E-state index is 10.7. The Balaban J connectivity index is 1.70. The zero-order valence-electron chi connectivity index (χ0n) is 15.6. The number of carboxylic acids is 1. The van der Waals surface area contributed by atoms with Crippen molar-refractivity contribution in [2.24, 2.45) is 0 Å². The average Bonchev–Trinajstić information content (AvgIpc) is 2.62. The van der Waals surface area contributed by atoms with Crippen LogP contribution in [0.1, 0.15) is 37.9 Å². The lowest BCUT2D eigenvalue weighted by Gasteiger charge is -2.27. The topological polar surface area (TPSA) is 75.6 Å². The van der Waals surface area contributed by atoms with Crippen molar-refractivity contribution in [3.8, 4) is 17.1 Å². The summed E-state index contributed by atoms with van der Waals surface area (Å²) in [6, 6.07) is 5.61. The first-order chi connectivity index (χ1) is 12.9. The molecule has 1 aromatic carbocycles. The minimum absolute atomic E-state index is 0.0618. The Morgan fingerprint density at radius 1 is 1.41 bits per heavy atom. The second-order valence-electron chi connectivity index (χ2n) is 7.00. The van der Waals surface area contributed by atoms with Crippen molar-refractivity contribution < 1.29 is 14.6 Å². The molecular formula is C20H24ClN3O3. The fourth-order valence-corrected chi connectivity index (χ4v) is 3.37. The van der Waals surface area contributed by atoms with Gasteiger partial charge >= 0.3 is 5.97 Å². The summed E-state index contributed by atoms with van der Waals surface area (Å²) in [7, 11) is 0. The lowest BCUT2D eigenvalue weighted by atomic mass is 10.1. The molecule has 6 nitrogen and oxygen atoms in total. The van der Waals surface area contributed by atoms with E-state index in [9.17, 15) is 4.79 Å². The largest absolute Gasteiger partial charge is 0.489 e. The third kappa shape index (κ3) is 5.17. The van der Waals surface area contributed by atoms with Gasteiger partial charge in [0.25, 0.3) is 0 Å². The number of hydrogen-bond donors (Lipinski definition) is 1. The van der Waals surface area contributed by atoms with Gasteiger partial charge in [0.2, 0.25) is 0 Å². The van der Waals surface area contributed by atoms with E-state index in [-0.39, 0.29) is 12.5 Å². The Morgan fingerprint density at radius 2 is 2.22 bits per heavy atom. The first-order valence-corrected chi connectivity index (χ1v) is 9.55. The molecule has 144 valence electrons. The number of benzene rings is 1. The highest BCUT2D eigenvalue weighted by Crippen LogP contribution is 2.30. The van der Waals surface area contributed by atoms with Crippen LogP contribution in [-0.2, 0) is 17.8 Å². The van der Waals surface area contributed by atoms with Crippen LogP contribution in [0.3, 0.4) is 0 Å². The zero-order valence-corrected chi connectivity index (χ0v) is 16.4. The summed E-state index contributed by atoms with van der Waals surface area (Å²) < 4.78 is 5.67. The number of nitrogens with zero attached hydrogens (tertiary/aromatic N) is 3. The molecule has 1 aliphatic heterocycles. The molecule has 0 aliphatic carbocycles. The predicted octanol–water partition coefficient (Wildman–Crippen LogP) is 3.81. The highest BCUT2D eigenvalue weighted by molar-refractivity contribution is 6.32. The highest BCUT2D eigenvalue weighted by Gasteiger charge is 2.19. The van der Waals surface area contributed by atoms with Gasteiger partial charge in [-0.15, -0.1) is 0 Å². The predicted molar refractivity (Wildman–Crippen MR) is 104 cm³/mol. The third-order valence-electron chi connectivity index (χ3n) is 4.43. The lowest BCUT2D eigenvalue weighted by Crippen LogP contribution is -2.32. The van der Waals surface area contributed by atoms with E-state index in [0.29, 0.717) is 23.0 Å². The number of aromatic nitrogens is 2. The molecule has 2 aromatic rings. The Morgan fingerprint density at radius 3 is 2.93 bits per heavy atom. The quantitative estimate of drug-likeness (QED) is 0.776. The molecule has 7 heteroatoms. The van der Waals surface area contributed by atoms with Crippen LogP contribution in [0.25, 0.3) is 11.4 Å². The molecule has 1 aromatic heterocycles. The van der Waals surface area contributed by atoms with Crippen molar-refractivity contribution in [1.82, 2.24) is 14.9 Å². The molecule has 0 amide bonds. The molecule has 0 spiro atoms. The minimum atomic E-state index is -0.746. The average molecular weight is 390 g/mol. The second-order valence-corrected chi connectivity index (χ2v) is 7.41. The standard InChI is InChI=1S/C20H24ClN3O3/c1-13(2)27-18-6-5-14(10-16(18)21)20-22-11-15-12-24(8-3-4-19(25)26)9-7-17(15)23-20/h5-6,10-11,13H,3-4,7-9,12H2,1-2H3,(H,25,26). The van der Waals surface area contributed by atoms with Gasteiger partial charge in [-0.25, -0.2) is 9.97 Å². The van der Waals surface area contributed by atoms with Crippen LogP contribution in [0.15, 0.2) is 24.4 Å². The number of rotatable bonds is 7. The van der Waals surface area contributed by atoms with Crippen LogP contribution in [0.4, 0.5) is 0 Å². The maximum Gasteiger partial charge on any atom is 0.303 e. The van der Waals surface area contributed by atoms with Crippen molar-refractivity contribution in [1.29, 1.82) is 0 Å². The van der Waals surface area contributed by atoms with E-state index in [1.807, 2.05) is 38.2 Å². The first-order valence-electron chi connectivity index (χ1n) is 9.18. The normalized spacial score (nSPS) is 14.2. The number of carbonyl (C=O) groups is 1. The van der Waals surface area contributed by atoms with Crippen LogP contribution in [-0.4, -0.2) is 45.1 Å². The molecule has 0 bridgehead atoms. The number of halogens is 1. The molecule has 1 N–H and O–H groups in total. The van der Waals surface area contributed by atoms with Crippen molar-refractivity contribution >= 4 is 17.6 Å². The molecule has 0 fully saturated rings. The molecule has 0 radical (unpaired) electrons. The van der Waals surface area contributed by atoms with Crippen LogP contribution in [0, 0.1) is 0 Å². The van der Waals surface area contributed by atoms with E-state index >= 15 is 0 Å². The molecule has 0 saturated carbocycles. The molecule has 0 saturated heterocycles. The van der Waals surface area contributed by atoms with E-state index in [1.165, 1.54) is 0 Å². The van der Waals surface area contributed by atoms with Gasteiger partial charge in [0.1, 0.15) is 5.75 Å². The molecule has 3 rings (SSSR count). The smallest absolute Gasteiger partial charge is 0.303 e. The molecule has 27 heavy (non-hydrogen) atoms. The Hall–Kier alpha value is -2.18. The first kappa shape index (κ1) is 19.6. The fourth-order valence-electron chi connectivity index (χ4n) is 3.15. The number of aliphatic carboxylic acids is 1. The van der Waals surface area contributed by atoms with Gasteiger partial charge in [0.15, 0.2) is 5.82 Å². The van der Waals surface area contributed by atoms with Crippen molar-refractivity contribution in [3.05, 3.63) is 40.7 Å². The minimum Gasteiger partial charge on any atom is -0.489 e. The van der Waals surface area contributed by atoms with Crippen molar-refractivity contribution in [3.63, 3.8) is 0 Å². The fraction of sp³-hybridized carbons (Fsp3) is 0.450. The summed E-state index contributed by atoms with van der Waals surface area (Å²) >= 11 is 6.33. The van der Waals surface area contributed by atoms with Crippen LogP contribution in [0.2, 0.25) is 5.02 Å². The van der Waals surface area contributed by atoms with Crippen LogP contribution < -0.4 is 4.74 Å². The van der Waals surface area contributed by atoms with Gasteiger partial charge in [-0.3, -0.25) is 9.69 Å². The lowest BCUT2D eigenvalue weighted by molar-refractivity contribution is -0.137. The van der Waals surface area contributed by atoms with Crippen LogP contribution >= 0.6 is 11.6 Å². The summed E-state index contributed by atoms with van der Waals surface area (Å²) in [6.45, 7) is 6.34. The van der Waals surface area contributed by atoms with Gasteiger partial charge in [0.05, 0.1) is 16.8 Å². The molecule has 2 heterocycles. The number of fused-ring (bicyclic) bond motifs is 1. The summed E-state index contributed by atoms with van der Waals surface area (Å²) in [5.74, 6) is 0.570. The van der Waals surface area contributed by atoms with Gasteiger partial charge in [0, 0.05) is 43.3 Å². The van der Waals surface area contributed by atoms with E-state index < -0.39 is 5.97 Å². The molecular weight excluding hydrogens is 366 g/mol. The van der Waals surface area contributed by atoms with Gasteiger partial charge in [-0.1, -0.05) is 11.6 Å². The van der Waals surface area contributed by atoms with E-state index in [2.05, 4.69) is 9.88 Å². The highest BCUT2D eigenvalue weighted by atomic mass is 35.5. The van der Waals surface area contributed by atoms with Crippen molar-refractivity contribution in [2.45, 2.75) is 45.8 Å². The Bertz CT molecular complexity index is 826. The Kier molecular flexibility index (Phi) is 6.29. The summed E-state index contributed by atoms with van der Waals surface area (Å²) in [5, 5.41) is 9.31. The van der Waals surface area contributed by atoms with E-state index in [0.717, 1.165) is 42.9 Å². The summed E-state index contributed by atoms with van der Waals surface area (Å²) in [4.78, 5) is 22.1. The van der Waals surface area contributed by atoms with Gasteiger partial charge < -0.3 is 9.84 Å². The summed E-state index contributed by atoms with van der Waals surface area (Å²) in [6.07, 6.45) is 3.63. The van der Waals surface area contributed by atoms with Gasteiger partial charge in [-0.05, 0) is 45.0 Å². The third-order valence-corrected chi connectivity index (χ3v) is 4.73. The Labute approximate surface area is 164 Å². The summed E-state index contributed by atoms with van der Waals surface area (Å²) in [5.41, 5.74) is 3.02. The second kappa shape index (κ2) is 8.67. The number of hydrogen-bond acceptors (Lipinski definition) is 5. The van der Waals surface area contributed by atoms with E-state index in [4.69, 9.17) is 26.4 Å². The number of ether oxygens (including phenoxy) is 1. The maximum atomic E-state index is 10.7. The molecule has 0 atom stereocenters. The van der Waals surface area contributed by atoms with Crippen molar-refractivity contribution in [2.75, 3.05) is 13.1 Å². The van der Waals surface area contributed by atoms with Crippen LogP contribution in [0.5, 0.6) is 5.75 Å². The molecule has 0 unspecified atom stereocenters. The number of carboxylic acid groups (broad SMARTS) is 1.